The van der Waals surface area contributed by atoms with Crippen molar-refractivity contribution in [3.63, 3.8) is 0 Å². The van der Waals surface area contributed by atoms with Crippen molar-refractivity contribution >= 4 is 28.9 Å². The van der Waals surface area contributed by atoms with Crippen LogP contribution in [0.5, 0.6) is 11.5 Å². The number of carbonyl (C=O) groups is 1. The number of carbonyl (C=O) groups excluding carboxylic acids is 1. The van der Waals surface area contributed by atoms with E-state index in [9.17, 15) is 14.9 Å². The molecular formula is C17H17ClN2O5. The van der Waals surface area contributed by atoms with Crippen LogP contribution in [0.25, 0.3) is 0 Å². The number of hydrogen-bond donors (Lipinski definition) is 1. The maximum Gasteiger partial charge on any atom is 0.310 e. The first-order chi connectivity index (χ1) is 12.0. The fourth-order valence-corrected chi connectivity index (χ4v) is 2.31. The van der Waals surface area contributed by atoms with Crippen LogP contribution in [0.3, 0.4) is 0 Å². The number of nitrogens with one attached hydrogen (secondary N) is 1. The molecule has 0 radical (unpaired) electrons. The molecule has 1 amide bonds. The average molecular weight is 365 g/mol. The third kappa shape index (κ3) is 5.36. The van der Waals surface area contributed by atoms with Crippen molar-refractivity contribution < 1.29 is 19.2 Å². The number of nitro benzene ring substituents is 1. The Hall–Kier alpha value is -2.80. The lowest BCUT2D eigenvalue weighted by Gasteiger charge is -2.11. The molecule has 2 aromatic rings. The predicted molar refractivity (Wildman–Crippen MR) is 94.5 cm³/mol. The topological polar surface area (TPSA) is 90.7 Å². The molecule has 0 atom stereocenters. The number of hydrogen-bond acceptors (Lipinski definition) is 5. The number of ether oxygens (including phenoxy) is 2. The van der Waals surface area contributed by atoms with Gasteiger partial charge in [0.15, 0.2) is 5.75 Å². The van der Waals surface area contributed by atoms with Crippen molar-refractivity contribution in [2.75, 3.05) is 19.0 Å². The molecular weight excluding hydrogens is 348 g/mol. The first-order valence-corrected chi connectivity index (χ1v) is 7.88. The van der Waals surface area contributed by atoms with Crippen LogP contribution in [0, 0.1) is 10.1 Å². The van der Waals surface area contributed by atoms with E-state index in [2.05, 4.69) is 5.32 Å². The lowest BCUT2D eigenvalue weighted by atomic mass is 10.2. The molecule has 2 rings (SSSR count). The number of amides is 1. The maximum atomic E-state index is 12.0. The van der Waals surface area contributed by atoms with Crippen LogP contribution in [-0.4, -0.2) is 24.5 Å². The number of methoxy groups -OCH3 is 1. The molecule has 0 aliphatic rings. The minimum atomic E-state index is -0.506. The molecule has 132 valence electrons. The first kappa shape index (κ1) is 18.5. The number of para-hydroxylation sites is 2. The SMILES string of the molecule is COc1ccc(Cl)cc1NC(=O)CCCOc1ccccc1[N+](=O)[O-]. The van der Waals surface area contributed by atoms with Gasteiger partial charge in [0.25, 0.3) is 0 Å². The van der Waals surface area contributed by atoms with E-state index in [-0.39, 0.29) is 30.4 Å². The second-order valence-corrected chi connectivity index (χ2v) is 5.51. The predicted octanol–water partition coefficient (Wildman–Crippen LogP) is 4.05. The summed E-state index contributed by atoms with van der Waals surface area (Å²) in [6.45, 7) is 0.185. The van der Waals surface area contributed by atoms with Gasteiger partial charge in [-0.25, -0.2) is 0 Å². The van der Waals surface area contributed by atoms with Gasteiger partial charge in [0, 0.05) is 17.5 Å². The molecule has 0 saturated carbocycles. The van der Waals surface area contributed by atoms with Crippen LogP contribution < -0.4 is 14.8 Å². The Balaban J connectivity index is 1.84. The number of rotatable bonds is 8. The van der Waals surface area contributed by atoms with Gasteiger partial charge in [-0.2, -0.15) is 0 Å². The average Bonchev–Trinajstić information content (AvgIpc) is 2.59. The van der Waals surface area contributed by atoms with E-state index < -0.39 is 4.92 Å². The van der Waals surface area contributed by atoms with Crippen LogP contribution in [0.2, 0.25) is 5.02 Å². The van der Waals surface area contributed by atoms with Gasteiger partial charge in [0.1, 0.15) is 5.75 Å². The second kappa shape index (κ2) is 8.89. The van der Waals surface area contributed by atoms with Crippen molar-refractivity contribution in [3.05, 3.63) is 57.6 Å². The summed E-state index contributed by atoms with van der Waals surface area (Å²) >= 11 is 5.91. The van der Waals surface area contributed by atoms with Gasteiger partial charge in [-0.15, -0.1) is 0 Å². The van der Waals surface area contributed by atoms with Gasteiger partial charge in [0.2, 0.25) is 5.91 Å². The molecule has 8 heteroatoms. The van der Waals surface area contributed by atoms with Crippen molar-refractivity contribution in [2.24, 2.45) is 0 Å². The Labute approximate surface area is 149 Å². The van der Waals surface area contributed by atoms with Crippen molar-refractivity contribution in [2.45, 2.75) is 12.8 Å². The van der Waals surface area contributed by atoms with Crippen LogP contribution >= 0.6 is 11.6 Å². The second-order valence-electron chi connectivity index (χ2n) is 5.07. The van der Waals surface area contributed by atoms with Crippen LogP contribution in [0.15, 0.2) is 42.5 Å². The molecule has 7 nitrogen and oxygen atoms in total. The minimum Gasteiger partial charge on any atom is -0.495 e. The summed E-state index contributed by atoms with van der Waals surface area (Å²) in [5.41, 5.74) is 0.384. The number of halogens is 1. The highest BCUT2D eigenvalue weighted by Gasteiger charge is 2.14. The summed E-state index contributed by atoms with van der Waals surface area (Å²) in [6.07, 6.45) is 0.594. The fourth-order valence-electron chi connectivity index (χ4n) is 2.14. The van der Waals surface area contributed by atoms with Crippen LogP contribution in [0.1, 0.15) is 12.8 Å². The van der Waals surface area contributed by atoms with Gasteiger partial charge >= 0.3 is 5.69 Å². The van der Waals surface area contributed by atoms with Crippen LogP contribution in [-0.2, 0) is 4.79 Å². The number of benzene rings is 2. The van der Waals surface area contributed by atoms with Crippen molar-refractivity contribution in [1.82, 2.24) is 0 Å². The van der Waals surface area contributed by atoms with E-state index in [1.807, 2.05) is 0 Å². The molecule has 1 N–H and O–H groups in total. The first-order valence-electron chi connectivity index (χ1n) is 7.51. The third-order valence-electron chi connectivity index (χ3n) is 3.30. The molecule has 0 heterocycles. The summed E-state index contributed by atoms with van der Waals surface area (Å²) < 4.78 is 10.6. The van der Waals surface area contributed by atoms with E-state index in [0.29, 0.717) is 22.9 Å². The van der Waals surface area contributed by atoms with Gasteiger partial charge in [0.05, 0.1) is 24.3 Å². The largest absolute Gasteiger partial charge is 0.495 e. The van der Waals surface area contributed by atoms with Gasteiger partial charge in [-0.1, -0.05) is 23.7 Å². The Morgan fingerprint density at radius 1 is 1.24 bits per heavy atom. The monoisotopic (exact) mass is 364 g/mol. The highest BCUT2D eigenvalue weighted by molar-refractivity contribution is 6.31. The molecule has 0 bridgehead atoms. The summed E-state index contributed by atoms with van der Waals surface area (Å²) in [7, 11) is 1.50. The molecule has 0 spiro atoms. The number of anilines is 1. The Bertz CT molecular complexity index is 766. The molecule has 25 heavy (non-hydrogen) atoms. The van der Waals surface area contributed by atoms with E-state index in [1.165, 1.54) is 19.2 Å². The van der Waals surface area contributed by atoms with Crippen LogP contribution in [0.4, 0.5) is 11.4 Å². The molecule has 0 unspecified atom stereocenters. The molecule has 0 aliphatic carbocycles. The minimum absolute atomic E-state index is 0.101. The molecule has 2 aromatic carbocycles. The quantitative estimate of drug-likeness (QED) is 0.433. The van der Waals surface area contributed by atoms with Crippen molar-refractivity contribution in [1.29, 1.82) is 0 Å². The van der Waals surface area contributed by atoms with E-state index in [1.54, 1.807) is 30.3 Å². The summed E-state index contributed by atoms with van der Waals surface area (Å²) in [4.78, 5) is 22.4. The van der Waals surface area contributed by atoms with E-state index >= 15 is 0 Å². The lowest BCUT2D eigenvalue weighted by Crippen LogP contribution is -2.13. The fraction of sp³-hybridized carbons (Fsp3) is 0.235. The zero-order chi connectivity index (χ0) is 18.2. The summed E-state index contributed by atoms with van der Waals surface area (Å²) in [5, 5.41) is 14.1. The molecule has 0 saturated heterocycles. The standard InChI is InChI=1S/C17H17ClN2O5/c1-24-15-9-8-12(18)11-13(15)19-17(21)7-4-10-25-16-6-3-2-5-14(16)20(22)23/h2-3,5-6,8-9,11H,4,7,10H2,1H3,(H,19,21). The van der Waals surface area contributed by atoms with Gasteiger partial charge < -0.3 is 14.8 Å². The molecule has 0 aliphatic heterocycles. The van der Waals surface area contributed by atoms with E-state index in [4.69, 9.17) is 21.1 Å². The highest BCUT2D eigenvalue weighted by Crippen LogP contribution is 2.28. The molecule has 0 fully saturated rings. The maximum absolute atomic E-state index is 12.0. The zero-order valence-electron chi connectivity index (χ0n) is 13.5. The number of nitro groups is 1. The van der Waals surface area contributed by atoms with E-state index in [0.717, 1.165) is 0 Å². The summed E-state index contributed by atoms with van der Waals surface area (Å²) in [6, 6.07) is 11.0. The van der Waals surface area contributed by atoms with Gasteiger partial charge in [-0.05, 0) is 30.7 Å². The third-order valence-corrected chi connectivity index (χ3v) is 3.54. The Morgan fingerprint density at radius 3 is 2.72 bits per heavy atom. The normalized spacial score (nSPS) is 10.2. The lowest BCUT2D eigenvalue weighted by molar-refractivity contribution is -0.385. The number of nitrogens with zero attached hydrogens (tertiary/aromatic N) is 1. The Morgan fingerprint density at radius 2 is 2.00 bits per heavy atom. The zero-order valence-corrected chi connectivity index (χ0v) is 14.3. The summed E-state index contributed by atoms with van der Waals surface area (Å²) in [5.74, 6) is 0.463. The Kier molecular flexibility index (Phi) is 6.59. The van der Waals surface area contributed by atoms with Gasteiger partial charge in [-0.3, -0.25) is 14.9 Å². The smallest absolute Gasteiger partial charge is 0.310 e. The van der Waals surface area contributed by atoms with Crippen molar-refractivity contribution in [3.8, 4) is 11.5 Å². The highest BCUT2D eigenvalue weighted by atomic mass is 35.5. The molecule has 0 aromatic heterocycles.